The van der Waals surface area contributed by atoms with Crippen LogP contribution < -0.4 is 5.32 Å². The number of hydrogen-bond donors (Lipinski definition) is 1. The van der Waals surface area contributed by atoms with Crippen LogP contribution in [0.2, 0.25) is 10.0 Å². The second-order valence-corrected chi connectivity index (χ2v) is 6.27. The third kappa shape index (κ3) is 4.72. The number of fused-ring (bicyclic) bond motifs is 1. The minimum Gasteiger partial charge on any atom is -0.383 e. The fraction of sp³-hybridized carbons (Fsp3) is 0.167. The zero-order valence-electron chi connectivity index (χ0n) is 13.3. The molecule has 0 amide bonds. The largest absolute Gasteiger partial charge is 0.416 e. The molecular formula is C18H14Cl3F3N2. The van der Waals surface area contributed by atoms with E-state index in [4.69, 9.17) is 23.2 Å². The molecule has 2 aromatic carbocycles. The molecule has 0 spiro atoms. The van der Waals surface area contributed by atoms with E-state index < -0.39 is 11.7 Å². The number of nitrogens with one attached hydrogen (secondary N) is 1. The summed E-state index contributed by atoms with van der Waals surface area (Å²) in [5.74, 6) is 0. The van der Waals surface area contributed by atoms with Crippen molar-refractivity contribution in [1.29, 1.82) is 0 Å². The molecule has 26 heavy (non-hydrogen) atoms. The molecule has 0 fully saturated rings. The molecule has 0 saturated heterocycles. The highest BCUT2D eigenvalue weighted by molar-refractivity contribution is 6.42. The van der Waals surface area contributed by atoms with Crippen LogP contribution in [0, 0.1) is 0 Å². The summed E-state index contributed by atoms with van der Waals surface area (Å²) in [7, 11) is 0. The van der Waals surface area contributed by atoms with Gasteiger partial charge in [-0.25, -0.2) is 0 Å². The summed E-state index contributed by atoms with van der Waals surface area (Å²) in [5, 5.41) is 3.89. The zero-order chi connectivity index (χ0) is 18.0. The highest BCUT2D eigenvalue weighted by Crippen LogP contribution is 2.33. The second kappa shape index (κ2) is 8.33. The number of nitrogens with zero attached hydrogens (tertiary/aromatic N) is 1. The van der Waals surface area contributed by atoms with Crippen molar-refractivity contribution >= 4 is 53.1 Å². The standard InChI is InChI=1S/C18H13Cl2F3N2.ClH/c19-14-5-1-11(9-15(14)20)2-6-16-13-4-3-12(18(21,22)23)10-17(13)25-8-7-24-16;/h1-6,9-10,25H,7-8H2;1H/b6-2+;. The summed E-state index contributed by atoms with van der Waals surface area (Å²) in [6.07, 6.45) is -0.817. The Morgan fingerprint density at radius 3 is 2.46 bits per heavy atom. The predicted octanol–water partition coefficient (Wildman–Crippen LogP) is 6.36. The van der Waals surface area contributed by atoms with Crippen molar-refractivity contribution < 1.29 is 13.2 Å². The minimum atomic E-state index is -4.38. The van der Waals surface area contributed by atoms with Gasteiger partial charge < -0.3 is 5.32 Å². The Balaban J connectivity index is 0.00000243. The van der Waals surface area contributed by atoms with Crippen LogP contribution in [-0.2, 0) is 6.18 Å². The number of hydrogen-bond acceptors (Lipinski definition) is 2. The van der Waals surface area contributed by atoms with Gasteiger partial charge in [0.1, 0.15) is 0 Å². The van der Waals surface area contributed by atoms with Crippen molar-refractivity contribution in [2.24, 2.45) is 4.99 Å². The number of allylic oxidation sites excluding steroid dienone is 1. The summed E-state index contributed by atoms with van der Waals surface area (Å²) in [6.45, 7) is 0.940. The molecule has 1 aliphatic heterocycles. The molecule has 0 aliphatic carbocycles. The van der Waals surface area contributed by atoms with Gasteiger partial charge in [0.2, 0.25) is 0 Å². The smallest absolute Gasteiger partial charge is 0.383 e. The number of rotatable bonds is 2. The number of halogens is 6. The molecule has 0 aromatic heterocycles. The molecule has 1 heterocycles. The fourth-order valence-electron chi connectivity index (χ4n) is 2.48. The van der Waals surface area contributed by atoms with Crippen molar-refractivity contribution in [1.82, 2.24) is 0 Å². The maximum atomic E-state index is 12.9. The first-order chi connectivity index (χ1) is 11.8. The van der Waals surface area contributed by atoms with Gasteiger partial charge in [0.15, 0.2) is 0 Å². The Kier molecular flexibility index (Phi) is 6.61. The van der Waals surface area contributed by atoms with Crippen molar-refractivity contribution in [3.05, 3.63) is 69.2 Å². The van der Waals surface area contributed by atoms with Crippen molar-refractivity contribution in [2.75, 3.05) is 18.4 Å². The molecular weight excluding hydrogens is 408 g/mol. The Bertz CT molecular complexity index is 861. The van der Waals surface area contributed by atoms with Crippen molar-refractivity contribution in [3.63, 3.8) is 0 Å². The van der Waals surface area contributed by atoms with E-state index in [0.717, 1.165) is 17.7 Å². The van der Waals surface area contributed by atoms with E-state index in [-0.39, 0.29) is 12.4 Å². The average Bonchev–Trinajstić information content (AvgIpc) is 2.76. The van der Waals surface area contributed by atoms with Gasteiger partial charge in [0.25, 0.3) is 0 Å². The van der Waals surface area contributed by atoms with Gasteiger partial charge in [-0.1, -0.05) is 41.4 Å². The zero-order valence-corrected chi connectivity index (χ0v) is 15.6. The van der Waals surface area contributed by atoms with E-state index >= 15 is 0 Å². The van der Waals surface area contributed by atoms with Gasteiger partial charge in [-0.3, -0.25) is 4.99 Å². The molecule has 2 nitrogen and oxygen atoms in total. The van der Waals surface area contributed by atoms with Crippen LogP contribution in [0.25, 0.3) is 6.08 Å². The lowest BCUT2D eigenvalue weighted by atomic mass is 10.0. The molecule has 0 radical (unpaired) electrons. The molecule has 0 bridgehead atoms. The Morgan fingerprint density at radius 2 is 1.77 bits per heavy atom. The molecule has 0 atom stereocenters. The molecule has 8 heteroatoms. The molecule has 1 N–H and O–H groups in total. The number of anilines is 1. The van der Waals surface area contributed by atoms with E-state index in [2.05, 4.69) is 10.3 Å². The maximum absolute atomic E-state index is 12.9. The van der Waals surface area contributed by atoms with Crippen LogP contribution in [0.1, 0.15) is 16.7 Å². The van der Waals surface area contributed by atoms with E-state index in [0.29, 0.717) is 40.1 Å². The van der Waals surface area contributed by atoms with Crippen LogP contribution in [0.3, 0.4) is 0 Å². The van der Waals surface area contributed by atoms with Gasteiger partial charge in [-0.2, -0.15) is 13.2 Å². The van der Waals surface area contributed by atoms with Gasteiger partial charge in [-0.05, 0) is 35.9 Å². The third-order valence-electron chi connectivity index (χ3n) is 3.71. The Morgan fingerprint density at radius 1 is 1.00 bits per heavy atom. The number of aliphatic imine (C=N–C) groups is 1. The van der Waals surface area contributed by atoms with Crippen LogP contribution >= 0.6 is 35.6 Å². The van der Waals surface area contributed by atoms with Crippen molar-refractivity contribution in [3.8, 4) is 0 Å². The fourth-order valence-corrected chi connectivity index (χ4v) is 2.78. The van der Waals surface area contributed by atoms with Crippen LogP contribution in [0.15, 0.2) is 47.5 Å². The summed E-state index contributed by atoms with van der Waals surface area (Å²) >= 11 is 11.9. The normalized spacial score (nSPS) is 14.1. The van der Waals surface area contributed by atoms with Crippen molar-refractivity contribution in [2.45, 2.75) is 6.18 Å². The molecule has 0 unspecified atom stereocenters. The average molecular weight is 422 g/mol. The highest BCUT2D eigenvalue weighted by Gasteiger charge is 2.31. The summed E-state index contributed by atoms with van der Waals surface area (Å²) in [6, 6.07) is 8.81. The Labute approximate surface area is 165 Å². The number of benzene rings is 2. The van der Waals surface area contributed by atoms with Gasteiger partial charge in [0.05, 0.1) is 27.9 Å². The highest BCUT2D eigenvalue weighted by atomic mass is 35.5. The van der Waals surface area contributed by atoms with Gasteiger partial charge in [-0.15, -0.1) is 12.4 Å². The summed E-state index contributed by atoms with van der Waals surface area (Å²) < 4.78 is 38.7. The molecule has 1 aliphatic rings. The maximum Gasteiger partial charge on any atom is 0.416 e. The predicted molar refractivity (Wildman–Crippen MR) is 104 cm³/mol. The Hall–Kier alpha value is -1.69. The first-order valence-electron chi connectivity index (χ1n) is 7.48. The molecule has 0 saturated carbocycles. The van der Waals surface area contributed by atoms with Crippen LogP contribution in [0.5, 0.6) is 0 Å². The minimum absolute atomic E-state index is 0. The molecule has 138 valence electrons. The van der Waals surface area contributed by atoms with E-state index in [1.807, 2.05) is 0 Å². The van der Waals surface area contributed by atoms with Crippen LogP contribution in [0.4, 0.5) is 18.9 Å². The van der Waals surface area contributed by atoms with Gasteiger partial charge >= 0.3 is 6.18 Å². The van der Waals surface area contributed by atoms with E-state index in [1.165, 1.54) is 6.07 Å². The lowest BCUT2D eigenvalue weighted by molar-refractivity contribution is -0.137. The van der Waals surface area contributed by atoms with E-state index in [9.17, 15) is 13.2 Å². The lowest BCUT2D eigenvalue weighted by Gasteiger charge is -2.12. The molecule has 3 rings (SSSR count). The van der Waals surface area contributed by atoms with Gasteiger partial charge in [0, 0.05) is 17.8 Å². The monoisotopic (exact) mass is 420 g/mol. The summed E-state index contributed by atoms with van der Waals surface area (Å²) in [4.78, 5) is 4.44. The van der Waals surface area contributed by atoms with E-state index in [1.54, 1.807) is 30.4 Å². The number of alkyl halides is 3. The second-order valence-electron chi connectivity index (χ2n) is 5.46. The summed E-state index contributed by atoms with van der Waals surface area (Å²) in [5.41, 5.74) is 1.79. The third-order valence-corrected chi connectivity index (χ3v) is 4.45. The lowest BCUT2D eigenvalue weighted by Crippen LogP contribution is -2.09. The molecule has 2 aromatic rings. The number of benzodiazepines with no additional fused rings is 1. The topological polar surface area (TPSA) is 24.4 Å². The quantitative estimate of drug-likeness (QED) is 0.599. The first kappa shape index (κ1) is 20.6. The van der Waals surface area contributed by atoms with Crippen LogP contribution in [-0.4, -0.2) is 18.8 Å². The first-order valence-corrected chi connectivity index (χ1v) is 8.23. The SMILES string of the molecule is Cl.FC(F)(F)c1ccc2c(c1)NCCN=C2/C=C/c1ccc(Cl)c(Cl)c1.